The lowest BCUT2D eigenvalue weighted by atomic mass is 10.0. The number of nitrogens with one attached hydrogen (secondary N) is 6. The number of carbonyl (C=O) groups excluding carboxylic acids is 4. The molecule has 16 heteroatoms. The summed E-state index contributed by atoms with van der Waals surface area (Å²) in [6, 6.07) is 4.39. The minimum absolute atomic E-state index is 0.0142. The van der Waals surface area contributed by atoms with Crippen molar-refractivity contribution in [2.24, 2.45) is 11.5 Å². The van der Waals surface area contributed by atoms with E-state index in [2.05, 4.69) is 31.6 Å². The highest BCUT2D eigenvalue weighted by Crippen LogP contribution is 2.19. The number of nitrogens with two attached hydrogens (primary N) is 2. The van der Waals surface area contributed by atoms with E-state index in [1.807, 2.05) is 24.3 Å². The van der Waals surface area contributed by atoms with E-state index in [0.717, 1.165) is 48.7 Å². The van der Waals surface area contributed by atoms with Crippen LogP contribution in [0.1, 0.15) is 95.5 Å². The lowest BCUT2D eigenvalue weighted by Crippen LogP contribution is -2.55. The second kappa shape index (κ2) is 26.6. The van der Waals surface area contributed by atoms with Gasteiger partial charge in [-0.1, -0.05) is 63.1 Å². The molecule has 2 rings (SSSR count). The molecule has 1 aromatic carbocycles. The van der Waals surface area contributed by atoms with Gasteiger partial charge in [-0.15, -0.1) is 0 Å². The lowest BCUT2D eigenvalue weighted by molar-refractivity contribution is -0.137. The number of amides is 4. The first-order chi connectivity index (χ1) is 25.5. The first-order valence-electron chi connectivity index (χ1n) is 18.9. The summed E-state index contributed by atoms with van der Waals surface area (Å²) in [7, 11) is 0. The van der Waals surface area contributed by atoms with Crippen molar-refractivity contribution >= 4 is 40.5 Å². The Morgan fingerprint density at radius 3 is 2.08 bits per heavy atom. The predicted molar refractivity (Wildman–Crippen MR) is 202 cm³/mol. The van der Waals surface area contributed by atoms with Crippen molar-refractivity contribution in [1.82, 2.24) is 31.6 Å². The van der Waals surface area contributed by atoms with Crippen LogP contribution in [0.2, 0.25) is 0 Å². The van der Waals surface area contributed by atoms with Crippen molar-refractivity contribution in [3.05, 3.63) is 36.0 Å². The first-order valence-corrected chi connectivity index (χ1v) is 18.9. The smallest absolute Gasteiger partial charge is 0.303 e. The van der Waals surface area contributed by atoms with Crippen LogP contribution >= 0.6 is 0 Å². The predicted octanol–water partition coefficient (Wildman–Crippen LogP) is 0.645. The molecule has 0 radical (unpaired) electrons. The standard InChI is InChI=1S/C37H62N8O8/c38-19-11-7-5-3-1-2-4-6-8-15-32(46)41-22-21-40-25-28(39)35(50)45-31(23-26-24-43-29-14-10-9-13-27(26)29)36(51)42-20-18-30(37(52)53)44-33(47)16-12-17-34(48)49/h9-10,13-14,24,28,30-31,37,40,43,52-53H,1-8,11-12,15-23,25,38-39H2,(H,41,46)(H,42,51)(H,44,47)(H,45,50)(H,48,49). The number of hydrogen-bond acceptors (Lipinski definition) is 10. The van der Waals surface area contributed by atoms with Gasteiger partial charge in [-0.25, -0.2) is 0 Å². The zero-order valence-electron chi connectivity index (χ0n) is 30.9. The van der Waals surface area contributed by atoms with Gasteiger partial charge < -0.3 is 58.4 Å². The third-order valence-electron chi connectivity index (χ3n) is 8.92. The number of aromatic nitrogens is 1. The van der Waals surface area contributed by atoms with Crippen molar-refractivity contribution in [3.8, 4) is 0 Å². The van der Waals surface area contributed by atoms with E-state index in [-0.39, 0.29) is 51.1 Å². The highest BCUT2D eigenvalue weighted by Gasteiger charge is 2.26. The van der Waals surface area contributed by atoms with E-state index in [1.165, 1.54) is 32.1 Å². The fourth-order valence-corrected chi connectivity index (χ4v) is 5.85. The molecule has 3 atom stereocenters. The molecule has 0 aliphatic rings. The van der Waals surface area contributed by atoms with Crippen LogP contribution in [0, 0.1) is 0 Å². The number of benzene rings is 1. The minimum Gasteiger partial charge on any atom is -0.481 e. The number of carboxylic acid groups (broad SMARTS) is 1. The number of rotatable bonds is 30. The number of aromatic amines is 1. The molecule has 3 unspecified atom stereocenters. The zero-order chi connectivity index (χ0) is 38.8. The van der Waals surface area contributed by atoms with Gasteiger partial charge in [0.2, 0.25) is 23.6 Å². The Bertz CT molecular complexity index is 1390. The topological polar surface area (TPSA) is 274 Å². The van der Waals surface area contributed by atoms with Gasteiger partial charge in [-0.3, -0.25) is 24.0 Å². The Morgan fingerprint density at radius 1 is 0.736 bits per heavy atom. The molecule has 0 saturated carbocycles. The molecule has 298 valence electrons. The molecular formula is C37H62N8O8. The normalized spacial score (nSPS) is 13.0. The molecule has 1 heterocycles. The fourth-order valence-electron chi connectivity index (χ4n) is 5.85. The van der Waals surface area contributed by atoms with Crippen LogP contribution in [-0.2, 0) is 30.4 Å². The first kappa shape index (κ1) is 45.1. The number of H-pyrrole nitrogens is 1. The van der Waals surface area contributed by atoms with Gasteiger partial charge in [0, 0.05) is 69.0 Å². The SMILES string of the molecule is NCCCCCCCCCCCC(=O)NCCNCC(N)C(=O)NC(Cc1c[nH]c2ccccc12)C(=O)NCCC(NC(=O)CCCC(=O)O)C(O)O. The van der Waals surface area contributed by atoms with Crippen LogP contribution in [0.15, 0.2) is 30.5 Å². The molecule has 53 heavy (non-hydrogen) atoms. The maximum Gasteiger partial charge on any atom is 0.303 e. The number of para-hydroxylation sites is 1. The highest BCUT2D eigenvalue weighted by molar-refractivity contribution is 5.91. The Balaban J connectivity index is 1.80. The maximum absolute atomic E-state index is 13.4. The molecule has 16 nitrogen and oxygen atoms in total. The number of fused-ring (bicyclic) bond motifs is 1. The molecule has 0 fully saturated rings. The largest absolute Gasteiger partial charge is 0.481 e. The molecule has 0 saturated heterocycles. The number of carboxylic acids is 1. The Kier molecular flexibility index (Phi) is 22.7. The van der Waals surface area contributed by atoms with Gasteiger partial charge in [0.1, 0.15) is 6.04 Å². The van der Waals surface area contributed by atoms with Crippen LogP contribution in [0.5, 0.6) is 0 Å². The van der Waals surface area contributed by atoms with Crippen molar-refractivity contribution in [1.29, 1.82) is 0 Å². The van der Waals surface area contributed by atoms with Gasteiger partial charge in [-0.05, 0) is 43.9 Å². The monoisotopic (exact) mass is 746 g/mol. The highest BCUT2D eigenvalue weighted by atomic mass is 16.5. The molecule has 0 aliphatic carbocycles. The number of hydrogen-bond donors (Lipinski definition) is 11. The van der Waals surface area contributed by atoms with Gasteiger partial charge in [-0.2, -0.15) is 0 Å². The quantitative estimate of drug-likeness (QED) is 0.0390. The van der Waals surface area contributed by atoms with E-state index < -0.39 is 48.1 Å². The number of carbonyl (C=O) groups is 5. The lowest BCUT2D eigenvalue weighted by Gasteiger charge is -2.23. The minimum atomic E-state index is -1.92. The fraction of sp³-hybridized carbons (Fsp3) is 0.649. The summed E-state index contributed by atoms with van der Waals surface area (Å²) in [5.41, 5.74) is 13.3. The zero-order valence-corrected chi connectivity index (χ0v) is 30.9. The average Bonchev–Trinajstić information content (AvgIpc) is 3.53. The van der Waals surface area contributed by atoms with E-state index in [1.54, 1.807) is 6.20 Å². The van der Waals surface area contributed by atoms with Crippen LogP contribution in [0.4, 0.5) is 0 Å². The Hall–Kier alpha value is -4.09. The summed E-state index contributed by atoms with van der Waals surface area (Å²) in [5, 5.41) is 43.0. The number of aliphatic hydroxyl groups excluding tert-OH is 1. The van der Waals surface area contributed by atoms with Crippen molar-refractivity contribution in [3.63, 3.8) is 0 Å². The summed E-state index contributed by atoms with van der Waals surface area (Å²) in [4.78, 5) is 64.7. The molecular weight excluding hydrogens is 684 g/mol. The van der Waals surface area contributed by atoms with Gasteiger partial charge in [0.25, 0.3) is 0 Å². The average molecular weight is 747 g/mol. The molecule has 0 bridgehead atoms. The van der Waals surface area contributed by atoms with Crippen LogP contribution in [-0.4, -0.2) is 107 Å². The second-order valence-electron chi connectivity index (χ2n) is 13.4. The van der Waals surface area contributed by atoms with Crippen molar-refractivity contribution in [2.45, 2.75) is 121 Å². The van der Waals surface area contributed by atoms with Crippen LogP contribution < -0.4 is 38.1 Å². The van der Waals surface area contributed by atoms with Gasteiger partial charge in [0.05, 0.1) is 12.1 Å². The Labute approximate surface area is 312 Å². The van der Waals surface area contributed by atoms with E-state index in [9.17, 15) is 34.2 Å². The molecule has 2 aromatic rings. The third kappa shape index (κ3) is 19.5. The van der Waals surface area contributed by atoms with Gasteiger partial charge in [0.15, 0.2) is 6.29 Å². The summed E-state index contributed by atoms with van der Waals surface area (Å²) in [6.45, 7) is 1.60. The maximum atomic E-state index is 13.4. The molecule has 1 aromatic heterocycles. The summed E-state index contributed by atoms with van der Waals surface area (Å²) in [6.07, 6.45) is 10.4. The van der Waals surface area contributed by atoms with Crippen molar-refractivity contribution in [2.75, 3.05) is 32.7 Å². The van der Waals surface area contributed by atoms with Crippen LogP contribution in [0.3, 0.4) is 0 Å². The summed E-state index contributed by atoms with van der Waals surface area (Å²) < 4.78 is 0. The molecule has 0 spiro atoms. The van der Waals surface area contributed by atoms with E-state index in [4.69, 9.17) is 16.6 Å². The van der Waals surface area contributed by atoms with Crippen LogP contribution in [0.25, 0.3) is 10.9 Å². The summed E-state index contributed by atoms with van der Waals surface area (Å²) >= 11 is 0. The number of aliphatic hydroxyl groups is 2. The second-order valence-corrected chi connectivity index (χ2v) is 13.4. The Morgan fingerprint density at radius 2 is 1.40 bits per heavy atom. The third-order valence-corrected chi connectivity index (χ3v) is 8.92. The van der Waals surface area contributed by atoms with Crippen molar-refractivity contribution < 1.29 is 39.3 Å². The van der Waals surface area contributed by atoms with Gasteiger partial charge >= 0.3 is 5.97 Å². The number of aliphatic carboxylic acids is 1. The molecule has 0 aliphatic heterocycles. The van der Waals surface area contributed by atoms with E-state index in [0.29, 0.717) is 19.5 Å². The molecule has 13 N–H and O–H groups in total. The molecule has 4 amide bonds. The summed E-state index contributed by atoms with van der Waals surface area (Å²) in [5.74, 6) is -2.70. The number of unbranched alkanes of at least 4 members (excludes halogenated alkanes) is 8. The van der Waals surface area contributed by atoms with E-state index >= 15 is 0 Å².